The van der Waals surface area contributed by atoms with E-state index in [9.17, 15) is 4.79 Å². The van der Waals surface area contributed by atoms with E-state index in [1.54, 1.807) is 12.3 Å². The van der Waals surface area contributed by atoms with Crippen LogP contribution in [0.4, 0.5) is 0 Å². The largest absolute Gasteiger partial charge is 0.336 e. The van der Waals surface area contributed by atoms with Crippen molar-refractivity contribution in [3.63, 3.8) is 0 Å². The Labute approximate surface area is 121 Å². The van der Waals surface area contributed by atoms with Crippen molar-refractivity contribution in [1.29, 1.82) is 0 Å². The number of hydrogen-bond acceptors (Lipinski definition) is 4. The van der Waals surface area contributed by atoms with E-state index in [1.807, 2.05) is 25.1 Å². The highest BCUT2D eigenvalue weighted by atomic mass is 16.2. The van der Waals surface area contributed by atoms with Crippen LogP contribution in [-0.4, -0.2) is 54.4 Å². The molecule has 0 bridgehead atoms. The second kappa shape index (κ2) is 7.97. The molecule has 0 aromatic carbocycles. The molecule has 1 amide bonds. The Hall–Kier alpha value is -1.46. The summed E-state index contributed by atoms with van der Waals surface area (Å²) in [5, 5.41) is 0. The summed E-state index contributed by atoms with van der Waals surface area (Å²) in [6.07, 6.45) is 1.67. The fourth-order valence-electron chi connectivity index (χ4n) is 1.87. The Morgan fingerprint density at radius 1 is 1.30 bits per heavy atom. The van der Waals surface area contributed by atoms with Crippen LogP contribution in [0, 0.1) is 5.92 Å². The van der Waals surface area contributed by atoms with Crippen molar-refractivity contribution in [2.45, 2.75) is 20.4 Å². The predicted octanol–water partition coefficient (Wildman–Crippen LogP) is 1.20. The Balaban J connectivity index is 2.79. The fourth-order valence-corrected chi connectivity index (χ4v) is 1.87. The molecule has 0 aliphatic carbocycles. The van der Waals surface area contributed by atoms with E-state index in [0.29, 0.717) is 24.7 Å². The Morgan fingerprint density at radius 3 is 2.45 bits per heavy atom. The first kappa shape index (κ1) is 16.6. The molecule has 5 nitrogen and oxygen atoms in total. The van der Waals surface area contributed by atoms with Gasteiger partial charge in [-0.1, -0.05) is 19.9 Å². The topological polar surface area (TPSA) is 62.5 Å². The Bertz CT molecular complexity index is 414. The molecule has 0 radical (unpaired) electrons. The maximum Gasteiger partial charge on any atom is 0.272 e. The summed E-state index contributed by atoms with van der Waals surface area (Å²) in [5.74, 6) is 0.425. The Morgan fingerprint density at radius 2 is 2.00 bits per heavy atom. The van der Waals surface area contributed by atoms with Crippen molar-refractivity contribution in [2.24, 2.45) is 11.7 Å². The summed E-state index contributed by atoms with van der Waals surface area (Å²) >= 11 is 0. The number of carbonyl (C=O) groups excluding carboxylic acids is 1. The highest BCUT2D eigenvalue weighted by Gasteiger charge is 2.18. The van der Waals surface area contributed by atoms with Gasteiger partial charge in [0.25, 0.3) is 5.91 Å². The summed E-state index contributed by atoms with van der Waals surface area (Å²) < 4.78 is 0. The van der Waals surface area contributed by atoms with E-state index < -0.39 is 0 Å². The number of amides is 1. The summed E-state index contributed by atoms with van der Waals surface area (Å²) in [5.41, 5.74) is 6.96. The fraction of sp³-hybridized carbons (Fsp3) is 0.600. The van der Waals surface area contributed by atoms with Crippen LogP contribution in [0.2, 0.25) is 0 Å². The lowest BCUT2D eigenvalue weighted by Crippen LogP contribution is -2.39. The minimum atomic E-state index is -0.0101. The third-order valence-electron chi connectivity index (χ3n) is 2.97. The first-order valence-corrected chi connectivity index (χ1v) is 7.03. The number of likely N-dealkylation sites (N-methyl/N-ethyl adjacent to an activating group) is 1. The van der Waals surface area contributed by atoms with Gasteiger partial charge in [0.05, 0.1) is 0 Å². The van der Waals surface area contributed by atoms with E-state index in [1.165, 1.54) is 0 Å². The maximum atomic E-state index is 12.5. The van der Waals surface area contributed by atoms with Crippen LogP contribution in [0.15, 0.2) is 18.3 Å². The van der Waals surface area contributed by atoms with Crippen molar-refractivity contribution in [2.75, 3.05) is 33.7 Å². The summed E-state index contributed by atoms with van der Waals surface area (Å²) in [4.78, 5) is 20.7. The molecule has 0 unspecified atom stereocenters. The van der Waals surface area contributed by atoms with Crippen LogP contribution in [0.1, 0.15) is 29.9 Å². The molecule has 1 heterocycles. The molecule has 0 saturated heterocycles. The van der Waals surface area contributed by atoms with Crippen LogP contribution >= 0.6 is 0 Å². The van der Waals surface area contributed by atoms with Crippen molar-refractivity contribution in [1.82, 2.24) is 14.8 Å². The Kier molecular flexibility index (Phi) is 6.61. The van der Waals surface area contributed by atoms with E-state index >= 15 is 0 Å². The van der Waals surface area contributed by atoms with Gasteiger partial charge in [0.2, 0.25) is 0 Å². The molecule has 112 valence electrons. The van der Waals surface area contributed by atoms with Gasteiger partial charge in [-0.05, 0) is 31.6 Å². The number of carbonyl (C=O) groups is 1. The van der Waals surface area contributed by atoms with E-state index in [4.69, 9.17) is 5.73 Å². The standard InChI is InChI=1S/C15H26N4O/c1-12(2)11-19(8-7-18(3)4)15(20)14-6-5-13(9-16)10-17-14/h5-6,10,12H,7-9,11,16H2,1-4H3. The van der Waals surface area contributed by atoms with E-state index in [0.717, 1.165) is 18.7 Å². The zero-order chi connectivity index (χ0) is 15.1. The van der Waals surface area contributed by atoms with Crippen molar-refractivity contribution < 1.29 is 4.79 Å². The number of nitrogens with two attached hydrogens (primary N) is 1. The van der Waals surface area contributed by atoms with Crippen molar-refractivity contribution in [3.8, 4) is 0 Å². The molecule has 0 spiro atoms. The molecule has 1 rings (SSSR count). The smallest absolute Gasteiger partial charge is 0.272 e. The molecule has 20 heavy (non-hydrogen) atoms. The molecule has 0 saturated carbocycles. The monoisotopic (exact) mass is 278 g/mol. The first-order valence-electron chi connectivity index (χ1n) is 7.03. The number of aromatic nitrogens is 1. The minimum absolute atomic E-state index is 0.0101. The summed E-state index contributed by atoms with van der Waals surface area (Å²) in [6, 6.07) is 3.62. The molecular weight excluding hydrogens is 252 g/mol. The molecule has 0 fully saturated rings. The van der Waals surface area contributed by atoms with Gasteiger partial charge in [0.1, 0.15) is 5.69 Å². The van der Waals surface area contributed by atoms with E-state index in [2.05, 4.69) is 23.7 Å². The quantitative estimate of drug-likeness (QED) is 0.814. The van der Waals surface area contributed by atoms with Crippen LogP contribution in [-0.2, 0) is 6.54 Å². The van der Waals surface area contributed by atoms with Crippen LogP contribution < -0.4 is 5.73 Å². The zero-order valence-electron chi connectivity index (χ0n) is 13.0. The predicted molar refractivity (Wildman–Crippen MR) is 81.4 cm³/mol. The lowest BCUT2D eigenvalue weighted by atomic mass is 10.2. The minimum Gasteiger partial charge on any atom is -0.336 e. The maximum absolute atomic E-state index is 12.5. The number of hydrogen-bond donors (Lipinski definition) is 1. The molecule has 1 aromatic heterocycles. The third kappa shape index (κ3) is 5.27. The molecule has 0 atom stereocenters. The van der Waals surface area contributed by atoms with E-state index in [-0.39, 0.29) is 5.91 Å². The van der Waals surface area contributed by atoms with Gasteiger partial charge in [-0.2, -0.15) is 0 Å². The van der Waals surface area contributed by atoms with Crippen molar-refractivity contribution >= 4 is 5.91 Å². The second-order valence-corrected chi connectivity index (χ2v) is 5.70. The average molecular weight is 278 g/mol. The first-order chi connectivity index (χ1) is 9.43. The van der Waals surface area contributed by atoms with Crippen LogP contribution in [0.3, 0.4) is 0 Å². The van der Waals surface area contributed by atoms with Gasteiger partial charge in [-0.25, -0.2) is 0 Å². The van der Waals surface area contributed by atoms with Gasteiger partial charge >= 0.3 is 0 Å². The van der Waals surface area contributed by atoms with Gasteiger partial charge in [0.15, 0.2) is 0 Å². The normalized spacial score (nSPS) is 11.2. The molecule has 1 aromatic rings. The average Bonchev–Trinajstić information content (AvgIpc) is 2.42. The number of pyridine rings is 1. The van der Waals surface area contributed by atoms with Gasteiger partial charge in [-0.15, -0.1) is 0 Å². The lowest BCUT2D eigenvalue weighted by Gasteiger charge is -2.25. The summed E-state index contributed by atoms with van der Waals surface area (Å²) in [7, 11) is 4.01. The number of nitrogens with zero attached hydrogens (tertiary/aromatic N) is 3. The SMILES string of the molecule is CC(C)CN(CCN(C)C)C(=O)c1ccc(CN)cn1. The third-order valence-corrected chi connectivity index (χ3v) is 2.97. The van der Waals surface area contributed by atoms with Crippen LogP contribution in [0.5, 0.6) is 0 Å². The molecular formula is C15H26N4O. The van der Waals surface area contributed by atoms with Gasteiger partial charge in [-0.3, -0.25) is 9.78 Å². The van der Waals surface area contributed by atoms with Gasteiger partial charge < -0.3 is 15.5 Å². The highest BCUT2D eigenvalue weighted by Crippen LogP contribution is 2.07. The van der Waals surface area contributed by atoms with Crippen LogP contribution in [0.25, 0.3) is 0 Å². The number of rotatable bonds is 7. The molecule has 0 aliphatic rings. The second-order valence-electron chi connectivity index (χ2n) is 5.70. The van der Waals surface area contributed by atoms with Gasteiger partial charge in [0, 0.05) is 32.4 Å². The highest BCUT2D eigenvalue weighted by molar-refractivity contribution is 5.92. The lowest BCUT2D eigenvalue weighted by molar-refractivity contribution is 0.0718. The molecule has 5 heteroatoms. The van der Waals surface area contributed by atoms with Crippen molar-refractivity contribution in [3.05, 3.63) is 29.6 Å². The summed E-state index contributed by atoms with van der Waals surface area (Å²) in [6.45, 7) is 6.97. The molecule has 2 N–H and O–H groups in total. The zero-order valence-corrected chi connectivity index (χ0v) is 13.0. The molecule has 0 aliphatic heterocycles.